The summed E-state index contributed by atoms with van der Waals surface area (Å²) in [6.07, 6.45) is 2.43. The highest BCUT2D eigenvalue weighted by Crippen LogP contribution is 2.31. The van der Waals surface area contributed by atoms with Crippen molar-refractivity contribution in [3.8, 4) is 17.1 Å². The molecule has 8 nitrogen and oxygen atoms in total. The molecule has 0 bridgehead atoms. The van der Waals surface area contributed by atoms with Crippen LogP contribution < -0.4 is 10.9 Å². The summed E-state index contributed by atoms with van der Waals surface area (Å²) in [4.78, 5) is 11.8. The first kappa shape index (κ1) is 15.1. The molecule has 0 saturated carbocycles. The van der Waals surface area contributed by atoms with Gasteiger partial charge in [0.25, 0.3) is 0 Å². The molecule has 2 aromatic carbocycles. The third kappa shape index (κ3) is 2.61. The van der Waals surface area contributed by atoms with Crippen LogP contribution in [0.3, 0.4) is 0 Å². The lowest BCUT2D eigenvalue weighted by atomic mass is 10.0. The highest BCUT2D eigenvalue weighted by atomic mass is 16.5. The topological polar surface area (TPSA) is 112 Å². The zero-order valence-corrected chi connectivity index (χ0v) is 13.7. The molecule has 4 N–H and O–H groups in total. The number of nitrogens with one attached hydrogen (secondary N) is 3. The van der Waals surface area contributed by atoms with Crippen molar-refractivity contribution in [2.24, 2.45) is 0 Å². The Hall–Kier alpha value is -3.23. The number of benzene rings is 2. The van der Waals surface area contributed by atoms with Gasteiger partial charge in [0.1, 0.15) is 11.8 Å². The van der Waals surface area contributed by atoms with Crippen molar-refractivity contribution in [1.29, 1.82) is 0 Å². The minimum atomic E-state index is -0.0778. The highest BCUT2D eigenvalue weighted by molar-refractivity contribution is 5.79. The minimum Gasteiger partial charge on any atom is -0.508 e. The van der Waals surface area contributed by atoms with E-state index in [1.807, 2.05) is 30.3 Å². The summed E-state index contributed by atoms with van der Waals surface area (Å²) in [6, 6.07) is 13.0. The number of aromatic hydroxyl groups is 1. The monoisotopic (exact) mass is 348 g/mol. The molecular formula is C18H16N6O2. The fourth-order valence-corrected chi connectivity index (χ4v) is 3.21. The van der Waals surface area contributed by atoms with Gasteiger partial charge in [0, 0.05) is 11.6 Å². The summed E-state index contributed by atoms with van der Waals surface area (Å²) in [5, 5.41) is 13.5. The lowest BCUT2D eigenvalue weighted by Gasteiger charge is -2.08. The first-order valence-corrected chi connectivity index (χ1v) is 8.33. The molecule has 2 aromatic heterocycles. The molecule has 0 aliphatic carbocycles. The number of fused-ring (bicyclic) bond motifs is 1. The summed E-state index contributed by atoms with van der Waals surface area (Å²) in [5.41, 5.74) is 10.2. The van der Waals surface area contributed by atoms with Gasteiger partial charge in [0.05, 0.1) is 17.4 Å². The molecule has 26 heavy (non-hydrogen) atoms. The average Bonchev–Trinajstić information content (AvgIpc) is 3.40. The predicted octanol–water partition coefficient (Wildman–Crippen LogP) is 2.60. The normalized spacial score (nSPS) is 20.0. The molecule has 0 amide bonds. The number of aromatic nitrogens is 4. The van der Waals surface area contributed by atoms with Crippen molar-refractivity contribution in [3.05, 3.63) is 60.2 Å². The van der Waals surface area contributed by atoms with Crippen molar-refractivity contribution < 1.29 is 9.63 Å². The van der Waals surface area contributed by atoms with Crippen LogP contribution in [0.4, 0.5) is 0 Å². The molecule has 8 heteroatoms. The second-order valence-corrected chi connectivity index (χ2v) is 6.31. The molecule has 1 fully saturated rings. The minimum absolute atomic E-state index is 0.0778. The first-order valence-electron chi connectivity index (χ1n) is 8.33. The van der Waals surface area contributed by atoms with Gasteiger partial charge in [-0.05, 0) is 42.3 Å². The molecule has 1 saturated heterocycles. The Bertz CT molecular complexity index is 1050. The van der Waals surface area contributed by atoms with Crippen LogP contribution in [0.5, 0.6) is 5.75 Å². The number of H-pyrrole nitrogens is 1. The summed E-state index contributed by atoms with van der Waals surface area (Å²) in [5.74, 6) is 1.34. The molecule has 2 unspecified atom stereocenters. The highest BCUT2D eigenvalue weighted by Gasteiger charge is 2.30. The number of hydrazine groups is 1. The van der Waals surface area contributed by atoms with Crippen LogP contribution in [0.25, 0.3) is 22.4 Å². The maximum absolute atomic E-state index is 9.42. The van der Waals surface area contributed by atoms with Gasteiger partial charge >= 0.3 is 0 Å². The van der Waals surface area contributed by atoms with Crippen LogP contribution in [0, 0.1) is 0 Å². The Morgan fingerprint density at radius 1 is 1.04 bits per heavy atom. The fraction of sp³-hybridized carbons (Fsp3) is 0.167. The lowest BCUT2D eigenvalue weighted by Crippen LogP contribution is -2.26. The van der Waals surface area contributed by atoms with Gasteiger partial charge in [-0.15, -0.1) is 0 Å². The van der Waals surface area contributed by atoms with Crippen molar-refractivity contribution in [2.45, 2.75) is 18.5 Å². The molecule has 5 rings (SSSR count). The summed E-state index contributed by atoms with van der Waals surface area (Å²) >= 11 is 0. The van der Waals surface area contributed by atoms with E-state index in [0.29, 0.717) is 11.7 Å². The third-order valence-corrected chi connectivity index (χ3v) is 4.62. The maximum Gasteiger partial charge on any atom is 0.245 e. The van der Waals surface area contributed by atoms with Gasteiger partial charge in [-0.3, -0.25) is 0 Å². The Morgan fingerprint density at radius 2 is 1.88 bits per heavy atom. The smallest absolute Gasteiger partial charge is 0.245 e. The number of hydrogen-bond acceptors (Lipinski definition) is 7. The molecule has 0 spiro atoms. The van der Waals surface area contributed by atoms with Crippen molar-refractivity contribution in [2.75, 3.05) is 0 Å². The molecule has 1 aliphatic heterocycles. The zero-order valence-electron chi connectivity index (χ0n) is 13.7. The summed E-state index contributed by atoms with van der Waals surface area (Å²) < 4.78 is 5.47. The molecule has 0 radical (unpaired) electrons. The Morgan fingerprint density at radius 3 is 2.77 bits per heavy atom. The van der Waals surface area contributed by atoms with E-state index in [-0.39, 0.29) is 17.8 Å². The van der Waals surface area contributed by atoms with Crippen molar-refractivity contribution in [3.63, 3.8) is 0 Å². The van der Waals surface area contributed by atoms with E-state index >= 15 is 0 Å². The Kier molecular flexibility index (Phi) is 3.44. The van der Waals surface area contributed by atoms with E-state index in [1.54, 1.807) is 18.5 Å². The number of phenols is 1. The van der Waals surface area contributed by atoms with Gasteiger partial charge in [-0.1, -0.05) is 17.3 Å². The van der Waals surface area contributed by atoms with Crippen LogP contribution in [0.2, 0.25) is 0 Å². The van der Waals surface area contributed by atoms with E-state index in [4.69, 9.17) is 4.52 Å². The van der Waals surface area contributed by atoms with E-state index in [2.05, 4.69) is 31.0 Å². The molecule has 3 heterocycles. The van der Waals surface area contributed by atoms with Gasteiger partial charge in [-0.25, -0.2) is 15.8 Å². The van der Waals surface area contributed by atoms with Crippen LogP contribution in [-0.4, -0.2) is 25.2 Å². The molecule has 2 atom stereocenters. The van der Waals surface area contributed by atoms with Crippen LogP contribution in [0.1, 0.15) is 30.0 Å². The van der Waals surface area contributed by atoms with Gasteiger partial charge in [0.15, 0.2) is 0 Å². The molecule has 130 valence electrons. The molecule has 4 aromatic rings. The van der Waals surface area contributed by atoms with Crippen molar-refractivity contribution in [1.82, 2.24) is 31.0 Å². The second kappa shape index (κ2) is 5.94. The summed E-state index contributed by atoms with van der Waals surface area (Å²) in [6.45, 7) is 0. The number of aromatic amines is 1. The SMILES string of the molecule is Oc1ccc(C2CC(c3nc(-c4ccc5nc[nH]c5c4)no3)NN2)cc1. The van der Waals surface area contributed by atoms with Gasteiger partial charge in [0.2, 0.25) is 11.7 Å². The van der Waals surface area contributed by atoms with E-state index in [0.717, 1.165) is 28.6 Å². The quantitative estimate of drug-likeness (QED) is 0.450. The van der Waals surface area contributed by atoms with Gasteiger partial charge in [-0.2, -0.15) is 4.98 Å². The fourth-order valence-electron chi connectivity index (χ4n) is 3.21. The standard InChI is InChI=1S/C18H16N6O2/c25-12-4-1-10(2-5-12)14-8-16(23-22-14)18-21-17(24-26-18)11-3-6-13-15(7-11)20-9-19-13/h1-7,9,14,16,22-23,25H,8H2,(H,19,20). The van der Waals surface area contributed by atoms with E-state index in [9.17, 15) is 5.11 Å². The number of imidazole rings is 1. The number of hydrogen-bond donors (Lipinski definition) is 4. The second-order valence-electron chi connectivity index (χ2n) is 6.31. The van der Waals surface area contributed by atoms with E-state index in [1.165, 1.54) is 0 Å². The largest absolute Gasteiger partial charge is 0.508 e. The Balaban J connectivity index is 1.36. The maximum atomic E-state index is 9.42. The zero-order chi connectivity index (χ0) is 17.5. The van der Waals surface area contributed by atoms with E-state index < -0.39 is 0 Å². The number of phenolic OH excluding ortho intramolecular Hbond substituents is 1. The number of nitrogens with zero attached hydrogens (tertiary/aromatic N) is 3. The van der Waals surface area contributed by atoms with Crippen LogP contribution in [-0.2, 0) is 0 Å². The average molecular weight is 348 g/mol. The van der Waals surface area contributed by atoms with Crippen LogP contribution in [0.15, 0.2) is 53.3 Å². The van der Waals surface area contributed by atoms with Crippen molar-refractivity contribution >= 4 is 11.0 Å². The lowest BCUT2D eigenvalue weighted by molar-refractivity contribution is 0.340. The van der Waals surface area contributed by atoms with Crippen LogP contribution >= 0.6 is 0 Å². The predicted molar refractivity (Wildman–Crippen MR) is 93.9 cm³/mol. The molecular weight excluding hydrogens is 332 g/mol. The third-order valence-electron chi connectivity index (χ3n) is 4.62. The van der Waals surface area contributed by atoms with Gasteiger partial charge < -0.3 is 14.6 Å². The molecule has 1 aliphatic rings. The summed E-state index contributed by atoms with van der Waals surface area (Å²) in [7, 11) is 0. The first-order chi connectivity index (χ1) is 12.8. The Labute approximate surface area is 148 Å². The number of rotatable bonds is 3.